The summed E-state index contributed by atoms with van der Waals surface area (Å²) in [7, 11) is -2.22. The number of ether oxygens (including phenoxy) is 1. The van der Waals surface area contributed by atoms with Crippen molar-refractivity contribution in [3.63, 3.8) is 0 Å². The predicted octanol–water partition coefficient (Wildman–Crippen LogP) is 2.96. The molecule has 1 saturated heterocycles. The molecule has 0 spiro atoms. The van der Waals surface area contributed by atoms with E-state index in [1.54, 1.807) is 13.2 Å². The predicted molar refractivity (Wildman–Crippen MR) is 129 cm³/mol. The van der Waals surface area contributed by atoms with E-state index in [4.69, 9.17) is 22.1 Å². The first-order chi connectivity index (χ1) is 15.2. The van der Waals surface area contributed by atoms with Crippen LogP contribution in [0.2, 0.25) is 0 Å². The minimum Gasteiger partial charge on any atom is -0.496 e. The number of sulfonamides is 1. The third kappa shape index (κ3) is 5.94. The second-order valence-electron chi connectivity index (χ2n) is 6.80. The molecule has 1 fully saturated rings. The Morgan fingerprint density at radius 1 is 1.22 bits per heavy atom. The van der Waals surface area contributed by atoms with Gasteiger partial charge in [0.15, 0.2) is 0 Å². The van der Waals surface area contributed by atoms with Gasteiger partial charge < -0.3 is 10.1 Å². The molecule has 1 aliphatic heterocycles. The van der Waals surface area contributed by atoms with Crippen molar-refractivity contribution in [1.82, 2.24) is 4.90 Å². The summed E-state index contributed by atoms with van der Waals surface area (Å²) < 4.78 is 28.3. The van der Waals surface area contributed by atoms with Crippen molar-refractivity contribution in [2.24, 2.45) is 5.14 Å². The number of benzene rings is 2. The molecule has 1 aliphatic rings. The van der Waals surface area contributed by atoms with Crippen molar-refractivity contribution in [2.45, 2.75) is 17.7 Å². The Morgan fingerprint density at radius 2 is 1.91 bits per heavy atom. The van der Waals surface area contributed by atoms with E-state index in [0.29, 0.717) is 33.6 Å². The average Bonchev–Trinajstić information content (AvgIpc) is 3.01. The summed E-state index contributed by atoms with van der Waals surface area (Å²) in [6.45, 7) is 0.311. The molecule has 0 saturated carbocycles. The molecule has 2 amide bonds. The van der Waals surface area contributed by atoms with Crippen molar-refractivity contribution in [2.75, 3.05) is 19.0 Å². The van der Waals surface area contributed by atoms with E-state index in [9.17, 15) is 18.0 Å². The number of hydrogen-bond acceptors (Lipinski definition) is 7. The lowest BCUT2D eigenvalue weighted by Crippen LogP contribution is -2.29. The van der Waals surface area contributed by atoms with Gasteiger partial charge in [-0.05, 0) is 42.8 Å². The lowest BCUT2D eigenvalue weighted by Gasteiger charge is -2.14. The molecule has 32 heavy (non-hydrogen) atoms. The molecule has 1 heterocycles. The number of amides is 2. The lowest BCUT2D eigenvalue weighted by molar-refractivity contribution is -0.122. The molecule has 168 valence electrons. The van der Waals surface area contributed by atoms with E-state index in [1.807, 2.05) is 24.3 Å². The van der Waals surface area contributed by atoms with Crippen LogP contribution < -0.4 is 15.2 Å². The van der Waals surface area contributed by atoms with E-state index in [-0.39, 0.29) is 23.1 Å². The Hall–Kier alpha value is -2.73. The Bertz CT molecular complexity index is 1180. The zero-order valence-electron chi connectivity index (χ0n) is 17.1. The van der Waals surface area contributed by atoms with Crippen LogP contribution in [-0.2, 0) is 19.6 Å². The van der Waals surface area contributed by atoms with E-state index in [2.05, 4.69) is 5.32 Å². The van der Waals surface area contributed by atoms with E-state index < -0.39 is 10.0 Å². The van der Waals surface area contributed by atoms with Crippen molar-refractivity contribution < 1.29 is 22.7 Å². The zero-order valence-corrected chi connectivity index (χ0v) is 19.6. The van der Waals surface area contributed by atoms with Crippen LogP contribution >= 0.6 is 24.0 Å². The number of carbonyl (C=O) groups excluding carboxylic acids is 2. The van der Waals surface area contributed by atoms with Gasteiger partial charge in [-0.25, -0.2) is 13.6 Å². The molecular weight excluding hydrogens is 470 g/mol. The summed E-state index contributed by atoms with van der Waals surface area (Å²) in [6.07, 6.45) is 2.32. The van der Waals surface area contributed by atoms with Gasteiger partial charge >= 0.3 is 0 Å². The Kier molecular flexibility index (Phi) is 7.67. The standard InChI is InChI=1S/C21H21N3O5S3/c1-29-17-6-3-2-5-14(17)13-18-20(26)24(21(30)31-18)12-4-7-19(25)23-15-8-10-16(11-9-15)32(22,27)28/h2-3,5-6,8-11,13H,4,7,12H2,1H3,(H,23,25)(H2,22,27,28)/b18-13-. The summed E-state index contributed by atoms with van der Waals surface area (Å²) in [4.78, 5) is 26.9. The fourth-order valence-electron chi connectivity index (χ4n) is 2.97. The monoisotopic (exact) mass is 491 g/mol. The maximum atomic E-state index is 12.7. The summed E-state index contributed by atoms with van der Waals surface area (Å²) in [5.41, 5.74) is 1.23. The third-order valence-electron chi connectivity index (χ3n) is 4.55. The zero-order chi connectivity index (χ0) is 23.3. The van der Waals surface area contributed by atoms with Gasteiger partial charge in [-0.2, -0.15) is 0 Å². The highest BCUT2D eigenvalue weighted by Gasteiger charge is 2.31. The van der Waals surface area contributed by atoms with Crippen LogP contribution in [0.3, 0.4) is 0 Å². The largest absolute Gasteiger partial charge is 0.496 e. The smallest absolute Gasteiger partial charge is 0.266 e. The van der Waals surface area contributed by atoms with Gasteiger partial charge in [0, 0.05) is 24.2 Å². The number of carbonyl (C=O) groups is 2. The Balaban J connectivity index is 1.54. The normalized spacial score (nSPS) is 15.3. The molecule has 11 heteroatoms. The van der Waals surface area contributed by atoms with Crippen molar-refractivity contribution in [1.29, 1.82) is 0 Å². The highest BCUT2D eigenvalue weighted by atomic mass is 32.2. The topological polar surface area (TPSA) is 119 Å². The quantitative estimate of drug-likeness (QED) is 0.430. The van der Waals surface area contributed by atoms with E-state index in [1.165, 1.54) is 40.9 Å². The Labute approximate surface area is 195 Å². The van der Waals surface area contributed by atoms with Crippen LogP contribution in [0, 0.1) is 0 Å². The summed E-state index contributed by atoms with van der Waals surface area (Å²) in [5.74, 6) is 0.194. The number of primary sulfonamides is 1. The molecule has 0 aliphatic carbocycles. The van der Waals surface area contributed by atoms with Crippen molar-refractivity contribution in [3.05, 3.63) is 59.0 Å². The molecule has 0 aromatic heterocycles. The SMILES string of the molecule is COc1ccccc1/C=C1\SC(=S)N(CCCC(=O)Nc2ccc(S(N)(=O)=O)cc2)C1=O. The van der Waals surface area contributed by atoms with Crippen molar-refractivity contribution in [3.8, 4) is 5.75 Å². The molecule has 0 unspecified atom stereocenters. The number of nitrogens with two attached hydrogens (primary N) is 1. The highest BCUT2D eigenvalue weighted by molar-refractivity contribution is 8.26. The number of thiocarbonyl (C=S) groups is 1. The molecule has 3 rings (SSSR count). The molecule has 0 radical (unpaired) electrons. The van der Waals surface area contributed by atoms with Crippen LogP contribution in [0.15, 0.2) is 58.3 Å². The highest BCUT2D eigenvalue weighted by Crippen LogP contribution is 2.34. The molecule has 0 bridgehead atoms. The van der Waals surface area contributed by atoms with Crippen molar-refractivity contribution >= 4 is 61.9 Å². The number of nitrogens with zero attached hydrogens (tertiary/aromatic N) is 1. The van der Waals surface area contributed by atoms with Crippen LogP contribution in [-0.4, -0.2) is 43.1 Å². The second kappa shape index (κ2) is 10.3. The first kappa shape index (κ1) is 23.9. The van der Waals surface area contributed by atoms with Crippen LogP contribution in [0.5, 0.6) is 5.75 Å². The molecule has 0 atom stereocenters. The van der Waals surface area contributed by atoms with Gasteiger partial charge in [0.2, 0.25) is 15.9 Å². The van der Waals surface area contributed by atoms with Gasteiger partial charge in [0.25, 0.3) is 5.91 Å². The third-order valence-corrected chi connectivity index (χ3v) is 6.86. The van der Waals surface area contributed by atoms with Gasteiger partial charge in [-0.15, -0.1) is 0 Å². The van der Waals surface area contributed by atoms with Gasteiger partial charge in [0.1, 0.15) is 10.1 Å². The van der Waals surface area contributed by atoms with Gasteiger partial charge in [-0.1, -0.05) is 42.2 Å². The van der Waals surface area contributed by atoms with Gasteiger partial charge in [-0.3, -0.25) is 14.5 Å². The minimum atomic E-state index is -3.79. The van der Waals surface area contributed by atoms with E-state index in [0.717, 1.165) is 5.56 Å². The maximum absolute atomic E-state index is 12.7. The molecule has 2 aromatic carbocycles. The van der Waals surface area contributed by atoms with E-state index >= 15 is 0 Å². The van der Waals surface area contributed by atoms with Crippen LogP contribution in [0.25, 0.3) is 6.08 Å². The number of methoxy groups -OCH3 is 1. The minimum absolute atomic E-state index is 0.0361. The summed E-state index contributed by atoms with van der Waals surface area (Å²) in [5, 5.41) is 7.73. The molecular formula is C21H21N3O5S3. The van der Waals surface area contributed by atoms with Crippen LogP contribution in [0.1, 0.15) is 18.4 Å². The fourth-order valence-corrected chi connectivity index (χ4v) is 4.78. The number of hydrogen-bond donors (Lipinski definition) is 2. The first-order valence-corrected chi connectivity index (χ1v) is 12.3. The molecule has 2 aromatic rings. The number of anilines is 1. The molecule has 3 N–H and O–H groups in total. The molecule has 8 nitrogen and oxygen atoms in total. The Morgan fingerprint density at radius 3 is 2.56 bits per heavy atom. The lowest BCUT2D eigenvalue weighted by atomic mass is 10.2. The second-order valence-corrected chi connectivity index (χ2v) is 10.0. The maximum Gasteiger partial charge on any atom is 0.266 e. The number of nitrogens with one attached hydrogen (secondary N) is 1. The number of rotatable bonds is 8. The average molecular weight is 492 g/mol. The number of para-hydroxylation sites is 1. The fraction of sp³-hybridized carbons (Fsp3) is 0.190. The summed E-state index contributed by atoms with van der Waals surface area (Å²) in [6, 6.07) is 12.9. The number of thioether (sulfide) groups is 1. The van der Waals surface area contributed by atoms with Crippen LogP contribution in [0.4, 0.5) is 5.69 Å². The first-order valence-electron chi connectivity index (χ1n) is 9.50. The van der Waals surface area contributed by atoms with Gasteiger partial charge in [0.05, 0.1) is 16.9 Å². The summed E-state index contributed by atoms with van der Waals surface area (Å²) >= 11 is 6.55.